The fraction of sp³-hybridized carbons (Fsp3) is 0.462. The quantitative estimate of drug-likeness (QED) is 0.457. The van der Waals surface area contributed by atoms with Crippen molar-refractivity contribution in [3.05, 3.63) is 39.9 Å². The highest BCUT2D eigenvalue weighted by atomic mass is 16.6. The maximum absolute atomic E-state index is 10.6. The van der Waals surface area contributed by atoms with E-state index in [1.807, 2.05) is 6.07 Å². The number of rotatable bonds is 5. The third kappa shape index (κ3) is 4.42. The molecule has 102 valence electrons. The Kier molecular flexibility index (Phi) is 5.00. The molecule has 1 saturated heterocycles. The summed E-state index contributed by atoms with van der Waals surface area (Å²) in [6.45, 7) is 5.07. The second-order valence-corrected chi connectivity index (χ2v) is 4.34. The predicted molar refractivity (Wildman–Crippen MR) is 72.8 cm³/mol. The van der Waals surface area contributed by atoms with E-state index < -0.39 is 4.92 Å². The van der Waals surface area contributed by atoms with Crippen LogP contribution in [-0.2, 0) is 4.74 Å². The standard InChI is InChI=1S/C13H17N3O3/c17-16(18)13-3-1-2-12(10-13)11-14-4-5-15-6-8-19-9-7-15/h1-3,10-11H,4-9H2. The molecular formula is C13H17N3O3. The van der Waals surface area contributed by atoms with Gasteiger partial charge in [-0.05, 0) is 5.56 Å². The molecule has 0 atom stereocenters. The van der Waals surface area contributed by atoms with E-state index in [1.165, 1.54) is 12.1 Å². The Morgan fingerprint density at radius 1 is 1.42 bits per heavy atom. The monoisotopic (exact) mass is 263 g/mol. The van der Waals surface area contributed by atoms with Crippen molar-refractivity contribution in [1.82, 2.24) is 4.90 Å². The molecule has 1 aliphatic rings. The van der Waals surface area contributed by atoms with Gasteiger partial charge in [-0.25, -0.2) is 0 Å². The number of benzene rings is 1. The van der Waals surface area contributed by atoms with E-state index in [1.54, 1.807) is 12.3 Å². The molecule has 19 heavy (non-hydrogen) atoms. The first kappa shape index (κ1) is 13.6. The van der Waals surface area contributed by atoms with Crippen LogP contribution in [-0.4, -0.2) is 55.4 Å². The topological polar surface area (TPSA) is 68.0 Å². The van der Waals surface area contributed by atoms with Gasteiger partial charge in [-0.3, -0.25) is 20.0 Å². The Bertz CT molecular complexity index is 456. The molecule has 0 aliphatic carbocycles. The Labute approximate surface area is 111 Å². The van der Waals surface area contributed by atoms with E-state index in [0.717, 1.165) is 38.4 Å². The van der Waals surface area contributed by atoms with Crippen LogP contribution in [0.25, 0.3) is 0 Å². The third-order valence-electron chi connectivity index (χ3n) is 2.97. The van der Waals surface area contributed by atoms with E-state index in [0.29, 0.717) is 6.54 Å². The lowest BCUT2D eigenvalue weighted by Gasteiger charge is -2.25. The summed E-state index contributed by atoms with van der Waals surface area (Å²) < 4.78 is 5.27. The highest BCUT2D eigenvalue weighted by molar-refractivity contribution is 5.80. The van der Waals surface area contributed by atoms with Crippen LogP contribution in [0.3, 0.4) is 0 Å². The molecule has 6 heteroatoms. The highest BCUT2D eigenvalue weighted by Gasteiger charge is 2.08. The average molecular weight is 263 g/mol. The molecule has 1 fully saturated rings. The molecule has 2 rings (SSSR count). The summed E-state index contributed by atoms with van der Waals surface area (Å²) in [5.41, 5.74) is 0.855. The smallest absolute Gasteiger partial charge is 0.270 e. The maximum atomic E-state index is 10.6. The molecule has 1 aliphatic heterocycles. The molecule has 0 radical (unpaired) electrons. The molecule has 0 aromatic heterocycles. The third-order valence-corrected chi connectivity index (χ3v) is 2.97. The van der Waals surface area contributed by atoms with Crippen molar-refractivity contribution in [2.45, 2.75) is 0 Å². The molecular weight excluding hydrogens is 246 g/mol. The summed E-state index contributed by atoms with van der Waals surface area (Å²) >= 11 is 0. The molecule has 0 spiro atoms. The number of aliphatic imine (C=N–C) groups is 1. The summed E-state index contributed by atoms with van der Waals surface area (Å²) in [6, 6.07) is 6.48. The number of ether oxygens (including phenoxy) is 1. The predicted octanol–water partition coefficient (Wildman–Crippen LogP) is 1.35. The largest absolute Gasteiger partial charge is 0.379 e. The molecule has 1 aromatic rings. The summed E-state index contributed by atoms with van der Waals surface area (Å²) in [5.74, 6) is 0. The van der Waals surface area contributed by atoms with Gasteiger partial charge in [0.05, 0.1) is 24.7 Å². The van der Waals surface area contributed by atoms with Crippen molar-refractivity contribution in [1.29, 1.82) is 0 Å². The average Bonchev–Trinajstić information content (AvgIpc) is 2.45. The van der Waals surface area contributed by atoms with Gasteiger partial charge in [0, 0.05) is 38.0 Å². The second kappa shape index (κ2) is 6.96. The fourth-order valence-corrected chi connectivity index (χ4v) is 1.91. The first-order valence-electron chi connectivity index (χ1n) is 6.30. The molecule has 1 aromatic carbocycles. The number of hydrogen-bond acceptors (Lipinski definition) is 5. The van der Waals surface area contributed by atoms with Crippen molar-refractivity contribution in [3.8, 4) is 0 Å². The Balaban J connectivity index is 1.81. The van der Waals surface area contributed by atoms with Gasteiger partial charge in [0.2, 0.25) is 0 Å². The Morgan fingerprint density at radius 3 is 2.95 bits per heavy atom. The lowest BCUT2D eigenvalue weighted by atomic mass is 10.2. The molecule has 0 amide bonds. The summed E-state index contributed by atoms with van der Waals surface area (Å²) in [6.07, 6.45) is 1.69. The van der Waals surface area contributed by atoms with Crippen molar-refractivity contribution in [2.75, 3.05) is 39.4 Å². The van der Waals surface area contributed by atoms with Crippen molar-refractivity contribution in [3.63, 3.8) is 0 Å². The lowest BCUT2D eigenvalue weighted by Crippen LogP contribution is -2.37. The van der Waals surface area contributed by atoms with Gasteiger partial charge >= 0.3 is 0 Å². The van der Waals surface area contributed by atoms with E-state index in [-0.39, 0.29) is 5.69 Å². The van der Waals surface area contributed by atoms with E-state index >= 15 is 0 Å². The van der Waals surface area contributed by atoms with Gasteiger partial charge in [0.15, 0.2) is 0 Å². The van der Waals surface area contributed by atoms with Gasteiger partial charge < -0.3 is 4.74 Å². The van der Waals surface area contributed by atoms with Crippen molar-refractivity contribution < 1.29 is 9.66 Å². The van der Waals surface area contributed by atoms with Crippen LogP contribution in [0.4, 0.5) is 5.69 Å². The SMILES string of the molecule is O=[N+]([O-])c1cccc(C=NCCN2CCOCC2)c1. The van der Waals surface area contributed by atoms with E-state index in [4.69, 9.17) is 4.74 Å². The van der Waals surface area contributed by atoms with Crippen LogP contribution in [0.1, 0.15) is 5.56 Å². The molecule has 0 saturated carbocycles. The minimum Gasteiger partial charge on any atom is -0.379 e. The highest BCUT2D eigenvalue weighted by Crippen LogP contribution is 2.11. The number of hydrogen-bond donors (Lipinski definition) is 0. The van der Waals surface area contributed by atoms with E-state index in [9.17, 15) is 10.1 Å². The summed E-state index contributed by atoms with van der Waals surface area (Å²) in [4.78, 5) is 16.8. The van der Waals surface area contributed by atoms with Crippen molar-refractivity contribution in [2.24, 2.45) is 4.99 Å². The van der Waals surface area contributed by atoms with Crippen LogP contribution in [0.2, 0.25) is 0 Å². The van der Waals surface area contributed by atoms with Gasteiger partial charge in [0.1, 0.15) is 0 Å². The van der Waals surface area contributed by atoms with Crippen LogP contribution in [0, 0.1) is 10.1 Å². The first-order valence-corrected chi connectivity index (χ1v) is 6.30. The molecule has 0 N–H and O–H groups in total. The van der Waals surface area contributed by atoms with Gasteiger partial charge in [-0.15, -0.1) is 0 Å². The van der Waals surface area contributed by atoms with Gasteiger partial charge in [-0.2, -0.15) is 0 Å². The summed E-state index contributed by atoms with van der Waals surface area (Å²) in [5, 5.41) is 10.6. The molecule has 0 unspecified atom stereocenters. The number of nitro groups is 1. The Hall–Kier alpha value is -1.79. The lowest BCUT2D eigenvalue weighted by molar-refractivity contribution is -0.384. The molecule has 6 nitrogen and oxygen atoms in total. The maximum Gasteiger partial charge on any atom is 0.270 e. The minimum atomic E-state index is -0.398. The number of nitrogens with zero attached hydrogens (tertiary/aromatic N) is 3. The number of non-ortho nitro benzene ring substituents is 1. The van der Waals surface area contributed by atoms with Crippen LogP contribution in [0.15, 0.2) is 29.3 Å². The fourth-order valence-electron chi connectivity index (χ4n) is 1.91. The van der Waals surface area contributed by atoms with Crippen LogP contribution in [0.5, 0.6) is 0 Å². The zero-order chi connectivity index (χ0) is 13.5. The zero-order valence-electron chi connectivity index (χ0n) is 10.7. The van der Waals surface area contributed by atoms with Crippen molar-refractivity contribution >= 4 is 11.9 Å². The van der Waals surface area contributed by atoms with Crippen LogP contribution >= 0.6 is 0 Å². The van der Waals surface area contributed by atoms with Gasteiger partial charge in [0.25, 0.3) is 5.69 Å². The molecule has 0 bridgehead atoms. The van der Waals surface area contributed by atoms with Crippen LogP contribution < -0.4 is 0 Å². The van der Waals surface area contributed by atoms with Gasteiger partial charge in [-0.1, -0.05) is 12.1 Å². The first-order chi connectivity index (χ1) is 9.25. The zero-order valence-corrected chi connectivity index (χ0v) is 10.7. The molecule has 1 heterocycles. The summed E-state index contributed by atoms with van der Waals surface area (Å²) in [7, 11) is 0. The number of nitro benzene ring substituents is 1. The minimum absolute atomic E-state index is 0.0946. The normalized spacial score (nSPS) is 16.8. The Morgan fingerprint density at radius 2 is 2.21 bits per heavy atom. The van der Waals surface area contributed by atoms with E-state index in [2.05, 4.69) is 9.89 Å². The number of morpholine rings is 1. The second-order valence-electron chi connectivity index (χ2n) is 4.34.